The number of nitrogens with zero attached hydrogens (tertiary/aromatic N) is 1. The fraction of sp³-hybridized carbons (Fsp3) is 0.100. The number of ether oxygens (including phenoxy) is 1. The van der Waals surface area contributed by atoms with E-state index in [1.807, 2.05) is 9.24 Å². The Balaban J connectivity index is 2.40. The number of aromatic nitrogens is 2. The number of carbonyl (C=O) groups excluding carboxylic acids is 2. The van der Waals surface area contributed by atoms with Gasteiger partial charge in [-0.25, -0.2) is 9.78 Å². The van der Waals surface area contributed by atoms with E-state index in [1.54, 1.807) is 12.1 Å². The van der Waals surface area contributed by atoms with Crippen molar-refractivity contribution >= 4 is 37.6 Å². The van der Waals surface area contributed by atoms with Gasteiger partial charge >= 0.3 is 5.97 Å². The average molecular weight is 251 g/mol. The summed E-state index contributed by atoms with van der Waals surface area (Å²) < 4.78 is 4.59. The molecule has 2 N–H and O–H groups in total. The van der Waals surface area contributed by atoms with Gasteiger partial charge in [0.05, 0.1) is 19.0 Å². The molecule has 1 unspecified atom stereocenters. The van der Waals surface area contributed by atoms with Crippen molar-refractivity contribution in [2.24, 2.45) is 0 Å². The number of H-pyrrole nitrogens is 1. The SMILES string of the molecule is COC(=O)c1cc2cc(NC(=O)P)cnc2[nH]1. The topological polar surface area (TPSA) is 84.1 Å². The number of fused-ring (bicyclic) bond motifs is 1. The minimum absolute atomic E-state index is 0.255. The van der Waals surface area contributed by atoms with Crippen LogP contribution in [0, 0.1) is 0 Å². The van der Waals surface area contributed by atoms with Crippen LogP contribution in [0.1, 0.15) is 10.5 Å². The fourth-order valence-electron chi connectivity index (χ4n) is 1.45. The van der Waals surface area contributed by atoms with Gasteiger partial charge in [0.25, 0.3) is 0 Å². The molecule has 0 aliphatic rings. The van der Waals surface area contributed by atoms with E-state index in [2.05, 4.69) is 20.0 Å². The van der Waals surface area contributed by atoms with Gasteiger partial charge in [0.1, 0.15) is 11.3 Å². The lowest BCUT2D eigenvalue weighted by Gasteiger charge is -1.99. The molecule has 2 rings (SSSR count). The molecule has 2 aromatic rings. The Bertz CT molecular complexity index is 593. The van der Waals surface area contributed by atoms with E-state index in [0.717, 1.165) is 5.39 Å². The molecule has 2 aromatic heterocycles. The van der Waals surface area contributed by atoms with E-state index in [-0.39, 0.29) is 5.65 Å². The summed E-state index contributed by atoms with van der Waals surface area (Å²) >= 11 is 0. The summed E-state index contributed by atoms with van der Waals surface area (Å²) in [5.41, 5.74) is 1.19. The van der Waals surface area contributed by atoms with Crippen molar-refractivity contribution < 1.29 is 14.3 Å². The molecule has 1 atom stereocenters. The maximum absolute atomic E-state index is 11.3. The number of hydrogen-bond donors (Lipinski definition) is 2. The number of anilines is 1. The first-order chi connectivity index (χ1) is 8.10. The Morgan fingerprint density at radius 1 is 1.47 bits per heavy atom. The molecule has 0 aliphatic heterocycles. The molecule has 0 aromatic carbocycles. The molecule has 17 heavy (non-hydrogen) atoms. The zero-order valence-electron chi connectivity index (χ0n) is 8.98. The Morgan fingerprint density at radius 2 is 2.24 bits per heavy atom. The monoisotopic (exact) mass is 251 g/mol. The Kier molecular flexibility index (Phi) is 3.06. The molecular weight excluding hydrogens is 241 g/mol. The van der Waals surface area contributed by atoms with Gasteiger partial charge in [0.2, 0.25) is 5.65 Å². The number of hydrogen-bond acceptors (Lipinski definition) is 4. The van der Waals surface area contributed by atoms with E-state index < -0.39 is 5.97 Å². The summed E-state index contributed by atoms with van der Waals surface area (Å²) in [6.45, 7) is 0. The van der Waals surface area contributed by atoms with Gasteiger partial charge in [-0.3, -0.25) is 4.79 Å². The van der Waals surface area contributed by atoms with Gasteiger partial charge in [0.15, 0.2) is 0 Å². The number of amides is 1. The van der Waals surface area contributed by atoms with Gasteiger partial charge in [-0.1, -0.05) is 0 Å². The number of pyridine rings is 1. The second-order valence-electron chi connectivity index (χ2n) is 3.33. The first kappa shape index (κ1) is 11.5. The lowest BCUT2D eigenvalue weighted by molar-refractivity contribution is 0.0595. The quantitative estimate of drug-likeness (QED) is 0.629. The van der Waals surface area contributed by atoms with Gasteiger partial charge in [-0.05, 0) is 21.4 Å². The van der Waals surface area contributed by atoms with E-state index in [4.69, 9.17) is 0 Å². The van der Waals surface area contributed by atoms with Crippen molar-refractivity contribution in [2.45, 2.75) is 0 Å². The van der Waals surface area contributed by atoms with Crippen LogP contribution in [0.2, 0.25) is 0 Å². The Hall–Kier alpha value is -1.94. The molecule has 0 saturated carbocycles. The highest BCUT2D eigenvalue weighted by Crippen LogP contribution is 2.18. The largest absolute Gasteiger partial charge is 0.464 e. The molecule has 0 bridgehead atoms. The maximum atomic E-state index is 11.3. The van der Waals surface area contributed by atoms with Crippen molar-refractivity contribution in [2.75, 3.05) is 12.4 Å². The maximum Gasteiger partial charge on any atom is 0.354 e. The number of nitrogens with one attached hydrogen (secondary N) is 2. The van der Waals surface area contributed by atoms with Crippen molar-refractivity contribution in [3.8, 4) is 0 Å². The van der Waals surface area contributed by atoms with Crippen molar-refractivity contribution in [1.82, 2.24) is 9.97 Å². The summed E-state index contributed by atoms with van der Waals surface area (Å²) in [7, 11) is 3.32. The molecule has 0 aliphatic carbocycles. The van der Waals surface area contributed by atoms with Crippen LogP contribution in [0.25, 0.3) is 11.0 Å². The van der Waals surface area contributed by atoms with E-state index in [1.165, 1.54) is 13.3 Å². The first-order valence-corrected chi connectivity index (χ1v) is 5.31. The lowest BCUT2D eigenvalue weighted by atomic mass is 10.3. The summed E-state index contributed by atoms with van der Waals surface area (Å²) in [6, 6.07) is 3.33. The van der Waals surface area contributed by atoms with Gasteiger partial charge < -0.3 is 15.0 Å². The summed E-state index contributed by atoms with van der Waals surface area (Å²) in [4.78, 5) is 29.1. The Labute approximate surface area is 99.0 Å². The molecule has 0 fully saturated rings. The molecule has 0 spiro atoms. The third kappa shape index (κ3) is 2.42. The van der Waals surface area contributed by atoms with Crippen LogP contribution in [-0.2, 0) is 4.74 Å². The van der Waals surface area contributed by atoms with Crippen LogP contribution in [-0.4, -0.2) is 28.7 Å². The smallest absolute Gasteiger partial charge is 0.354 e. The molecule has 0 radical (unpaired) electrons. The number of esters is 1. The molecule has 1 amide bonds. The Morgan fingerprint density at radius 3 is 2.88 bits per heavy atom. The minimum Gasteiger partial charge on any atom is -0.464 e. The predicted octanol–water partition coefficient (Wildman–Crippen LogP) is 1.76. The normalized spacial score (nSPS) is 10.2. The zero-order chi connectivity index (χ0) is 12.4. The number of aromatic amines is 1. The van der Waals surface area contributed by atoms with Crippen LogP contribution in [0.3, 0.4) is 0 Å². The highest BCUT2D eigenvalue weighted by molar-refractivity contribution is 7.40. The third-order valence-electron chi connectivity index (χ3n) is 2.14. The lowest BCUT2D eigenvalue weighted by Crippen LogP contribution is -2.00. The number of carbonyl (C=O) groups is 2. The van der Waals surface area contributed by atoms with Crippen LogP contribution in [0.4, 0.5) is 10.5 Å². The third-order valence-corrected chi connectivity index (χ3v) is 2.29. The van der Waals surface area contributed by atoms with Crippen LogP contribution in [0.5, 0.6) is 0 Å². The summed E-state index contributed by atoms with van der Waals surface area (Å²) in [6.07, 6.45) is 1.50. The second-order valence-corrected chi connectivity index (χ2v) is 3.85. The van der Waals surface area contributed by atoms with Gasteiger partial charge in [-0.2, -0.15) is 0 Å². The zero-order valence-corrected chi connectivity index (χ0v) is 10.1. The van der Waals surface area contributed by atoms with E-state index in [0.29, 0.717) is 17.0 Å². The molecule has 2 heterocycles. The first-order valence-electron chi connectivity index (χ1n) is 4.73. The molecule has 88 valence electrons. The highest BCUT2D eigenvalue weighted by Gasteiger charge is 2.10. The number of rotatable bonds is 2. The van der Waals surface area contributed by atoms with Crippen molar-refractivity contribution in [1.29, 1.82) is 0 Å². The van der Waals surface area contributed by atoms with Crippen molar-refractivity contribution in [3.05, 3.63) is 24.0 Å². The molecular formula is C10H10N3O3P. The fourth-order valence-corrected chi connectivity index (χ4v) is 1.61. The second kappa shape index (κ2) is 4.51. The van der Waals surface area contributed by atoms with Crippen molar-refractivity contribution in [3.63, 3.8) is 0 Å². The number of methoxy groups -OCH3 is 1. The van der Waals surface area contributed by atoms with Crippen LogP contribution >= 0.6 is 9.24 Å². The van der Waals surface area contributed by atoms with E-state index >= 15 is 0 Å². The average Bonchev–Trinajstić information content (AvgIpc) is 2.70. The molecule has 6 nitrogen and oxygen atoms in total. The summed E-state index contributed by atoms with van der Waals surface area (Å²) in [5.74, 6) is -0.459. The van der Waals surface area contributed by atoms with E-state index in [9.17, 15) is 9.59 Å². The summed E-state index contributed by atoms with van der Waals surface area (Å²) in [5, 5.41) is 3.30. The highest BCUT2D eigenvalue weighted by atomic mass is 31.0. The predicted molar refractivity (Wildman–Crippen MR) is 66.2 cm³/mol. The van der Waals surface area contributed by atoms with Crippen LogP contribution < -0.4 is 5.32 Å². The minimum atomic E-state index is -0.459. The van der Waals surface area contributed by atoms with Gasteiger partial charge in [0, 0.05) is 5.39 Å². The van der Waals surface area contributed by atoms with Crippen LogP contribution in [0.15, 0.2) is 18.3 Å². The van der Waals surface area contributed by atoms with Gasteiger partial charge in [-0.15, -0.1) is 0 Å². The molecule has 0 saturated heterocycles. The molecule has 7 heteroatoms. The standard InChI is InChI=1S/C10H10N3O3P/c1-16-9(14)7-3-5-2-6(12-10(15)17)4-11-8(5)13-7/h2-4H,17H2,1H3,(H,11,13)(H,12,15).